The second kappa shape index (κ2) is 7.28. The number of hydrogen-bond acceptors (Lipinski definition) is 2. The summed E-state index contributed by atoms with van der Waals surface area (Å²) in [5.41, 5.74) is 1.59. The summed E-state index contributed by atoms with van der Waals surface area (Å²) in [4.78, 5) is 23.1. The first-order chi connectivity index (χ1) is 9.36. The van der Waals surface area contributed by atoms with Crippen LogP contribution < -0.4 is 10.6 Å². The molecule has 0 radical (unpaired) electrons. The fraction of sp³-hybridized carbons (Fsp3) is 0.429. The van der Waals surface area contributed by atoms with Gasteiger partial charge in [-0.2, -0.15) is 0 Å². The van der Waals surface area contributed by atoms with Crippen LogP contribution in [0.1, 0.15) is 25.8 Å². The molecule has 110 valence electrons. The Hall–Kier alpha value is -1.56. The van der Waals surface area contributed by atoms with Crippen LogP contribution >= 0.6 is 15.9 Å². The summed E-state index contributed by atoms with van der Waals surface area (Å²) in [6.45, 7) is 5.59. The maximum absolute atomic E-state index is 11.9. The zero-order valence-corrected chi connectivity index (χ0v) is 13.3. The maximum Gasteiger partial charge on any atom is 0.326 e. The van der Waals surface area contributed by atoms with E-state index in [0.29, 0.717) is 12.1 Å². The molecule has 0 spiro atoms. The number of carboxylic acid groups (broad SMARTS) is 1. The average molecular weight is 343 g/mol. The summed E-state index contributed by atoms with van der Waals surface area (Å²) < 4.78 is 0.783. The van der Waals surface area contributed by atoms with Crippen molar-refractivity contribution < 1.29 is 14.7 Å². The summed E-state index contributed by atoms with van der Waals surface area (Å²) >= 11 is 3.39. The second-order valence-corrected chi connectivity index (χ2v) is 5.53. The van der Waals surface area contributed by atoms with Gasteiger partial charge in [-0.25, -0.2) is 9.59 Å². The standard InChI is InChI=1S/C14H19BrN2O3/c1-4-8(2)12(13(18)19)17-14(20)16-10-7-5-6-9(3)11(10)15/h5-8,12H,4H2,1-3H3,(H,18,19)(H2,16,17,20)/t8-,12-/m0/s1. The van der Waals surface area contributed by atoms with E-state index in [1.807, 2.05) is 26.0 Å². The predicted molar refractivity (Wildman–Crippen MR) is 81.9 cm³/mol. The Labute approximate surface area is 126 Å². The monoisotopic (exact) mass is 342 g/mol. The van der Waals surface area contributed by atoms with Crippen molar-refractivity contribution in [3.63, 3.8) is 0 Å². The number of aliphatic carboxylic acids is 1. The molecule has 0 aliphatic heterocycles. The fourth-order valence-electron chi connectivity index (χ4n) is 1.73. The minimum absolute atomic E-state index is 0.140. The molecule has 0 bridgehead atoms. The number of anilines is 1. The minimum Gasteiger partial charge on any atom is -0.480 e. The first kappa shape index (κ1) is 16.5. The summed E-state index contributed by atoms with van der Waals surface area (Å²) in [5, 5.41) is 14.3. The lowest BCUT2D eigenvalue weighted by molar-refractivity contribution is -0.140. The Morgan fingerprint density at radius 2 is 2.05 bits per heavy atom. The number of benzene rings is 1. The molecule has 2 amide bonds. The summed E-state index contributed by atoms with van der Waals surface area (Å²) in [6, 6.07) is 4.05. The summed E-state index contributed by atoms with van der Waals surface area (Å²) in [7, 11) is 0. The van der Waals surface area contributed by atoms with E-state index in [1.54, 1.807) is 13.0 Å². The summed E-state index contributed by atoms with van der Waals surface area (Å²) in [5.74, 6) is -1.17. The van der Waals surface area contributed by atoms with Crippen LogP contribution in [-0.2, 0) is 4.79 Å². The highest BCUT2D eigenvalue weighted by atomic mass is 79.9. The van der Waals surface area contributed by atoms with Crippen LogP contribution in [0.15, 0.2) is 22.7 Å². The lowest BCUT2D eigenvalue weighted by Crippen LogP contribution is -2.46. The molecular weight excluding hydrogens is 324 g/mol. The molecule has 2 atom stereocenters. The van der Waals surface area contributed by atoms with Crippen LogP contribution in [0.3, 0.4) is 0 Å². The van der Waals surface area contributed by atoms with Gasteiger partial charge < -0.3 is 15.7 Å². The van der Waals surface area contributed by atoms with Crippen LogP contribution in [0.5, 0.6) is 0 Å². The van der Waals surface area contributed by atoms with Gasteiger partial charge in [0.2, 0.25) is 0 Å². The Balaban J connectivity index is 2.76. The van der Waals surface area contributed by atoms with Gasteiger partial charge in [-0.1, -0.05) is 32.4 Å². The zero-order valence-electron chi connectivity index (χ0n) is 11.7. The Kier molecular flexibility index (Phi) is 6.01. The Morgan fingerprint density at radius 1 is 1.40 bits per heavy atom. The Bertz CT molecular complexity index is 505. The molecular formula is C14H19BrN2O3. The van der Waals surface area contributed by atoms with Crippen LogP contribution in [-0.4, -0.2) is 23.1 Å². The molecule has 0 unspecified atom stereocenters. The van der Waals surface area contributed by atoms with Crippen LogP contribution in [0.4, 0.5) is 10.5 Å². The number of rotatable bonds is 5. The number of halogens is 1. The lowest BCUT2D eigenvalue weighted by Gasteiger charge is -2.20. The van der Waals surface area contributed by atoms with Gasteiger partial charge in [0.1, 0.15) is 6.04 Å². The molecule has 0 saturated carbocycles. The number of aryl methyl sites for hydroxylation is 1. The van der Waals surface area contributed by atoms with Gasteiger partial charge in [0, 0.05) is 4.47 Å². The van der Waals surface area contributed by atoms with Crippen LogP contribution in [0.25, 0.3) is 0 Å². The highest BCUT2D eigenvalue weighted by Gasteiger charge is 2.25. The minimum atomic E-state index is -1.03. The van der Waals surface area contributed by atoms with E-state index in [9.17, 15) is 9.59 Å². The number of hydrogen-bond donors (Lipinski definition) is 3. The van der Waals surface area contributed by atoms with E-state index >= 15 is 0 Å². The first-order valence-electron chi connectivity index (χ1n) is 6.42. The van der Waals surface area contributed by atoms with Crippen molar-refractivity contribution in [3.8, 4) is 0 Å². The topological polar surface area (TPSA) is 78.4 Å². The number of nitrogens with one attached hydrogen (secondary N) is 2. The van der Waals surface area contributed by atoms with Crippen molar-refractivity contribution in [1.29, 1.82) is 0 Å². The van der Waals surface area contributed by atoms with Gasteiger partial charge in [0.15, 0.2) is 0 Å². The highest BCUT2D eigenvalue weighted by molar-refractivity contribution is 9.10. The molecule has 0 fully saturated rings. The Morgan fingerprint density at radius 3 is 2.60 bits per heavy atom. The smallest absolute Gasteiger partial charge is 0.326 e. The number of urea groups is 1. The lowest BCUT2D eigenvalue weighted by atomic mass is 9.99. The largest absolute Gasteiger partial charge is 0.480 e. The molecule has 5 nitrogen and oxygen atoms in total. The summed E-state index contributed by atoms with van der Waals surface area (Å²) in [6.07, 6.45) is 0.672. The van der Waals surface area contributed by atoms with E-state index < -0.39 is 18.0 Å². The number of carbonyl (C=O) groups excluding carboxylic acids is 1. The van der Waals surface area contributed by atoms with Crippen molar-refractivity contribution in [2.75, 3.05) is 5.32 Å². The molecule has 1 aromatic carbocycles. The van der Waals surface area contributed by atoms with E-state index in [0.717, 1.165) is 10.0 Å². The predicted octanol–water partition coefficient (Wildman–Crippen LogP) is 3.38. The highest BCUT2D eigenvalue weighted by Crippen LogP contribution is 2.25. The van der Waals surface area contributed by atoms with Gasteiger partial charge in [-0.3, -0.25) is 0 Å². The number of amides is 2. The van der Waals surface area contributed by atoms with Crippen molar-refractivity contribution in [2.45, 2.75) is 33.2 Å². The molecule has 0 heterocycles. The first-order valence-corrected chi connectivity index (χ1v) is 7.21. The number of carboxylic acids is 1. The van der Waals surface area contributed by atoms with Crippen molar-refractivity contribution in [3.05, 3.63) is 28.2 Å². The SMILES string of the molecule is CC[C@H](C)[C@H](NC(=O)Nc1cccc(C)c1Br)C(=O)O. The molecule has 0 saturated heterocycles. The third kappa shape index (κ3) is 4.23. The van der Waals surface area contributed by atoms with Gasteiger partial charge in [0.25, 0.3) is 0 Å². The molecule has 3 N–H and O–H groups in total. The van der Waals surface area contributed by atoms with Gasteiger partial charge >= 0.3 is 12.0 Å². The molecule has 1 rings (SSSR count). The normalized spacial score (nSPS) is 13.4. The molecule has 20 heavy (non-hydrogen) atoms. The van der Waals surface area contributed by atoms with Gasteiger partial charge in [0.05, 0.1) is 5.69 Å². The van der Waals surface area contributed by atoms with Crippen molar-refractivity contribution in [1.82, 2.24) is 5.32 Å². The van der Waals surface area contributed by atoms with Crippen molar-refractivity contribution >= 4 is 33.6 Å². The van der Waals surface area contributed by atoms with Gasteiger partial charge in [-0.05, 0) is 40.4 Å². The number of carbonyl (C=O) groups is 2. The quantitative estimate of drug-likeness (QED) is 0.767. The zero-order chi connectivity index (χ0) is 15.3. The van der Waals surface area contributed by atoms with E-state index in [1.165, 1.54) is 0 Å². The second-order valence-electron chi connectivity index (χ2n) is 4.74. The molecule has 6 heteroatoms. The van der Waals surface area contributed by atoms with E-state index in [-0.39, 0.29) is 5.92 Å². The van der Waals surface area contributed by atoms with Gasteiger partial charge in [-0.15, -0.1) is 0 Å². The van der Waals surface area contributed by atoms with E-state index in [2.05, 4.69) is 26.6 Å². The van der Waals surface area contributed by atoms with E-state index in [4.69, 9.17) is 5.11 Å². The van der Waals surface area contributed by atoms with Crippen molar-refractivity contribution in [2.24, 2.45) is 5.92 Å². The molecule has 0 aliphatic carbocycles. The molecule has 0 aliphatic rings. The fourth-order valence-corrected chi connectivity index (χ4v) is 2.09. The third-order valence-corrected chi connectivity index (χ3v) is 4.26. The maximum atomic E-state index is 11.9. The molecule has 0 aromatic heterocycles. The average Bonchev–Trinajstić information content (AvgIpc) is 2.40. The van der Waals surface area contributed by atoms with Crippen LogP contribution in [0.2, 0.25) is 0 Å². The van der Waals surface area contributed by atoms with Crippen LogP contribution in [0, 0.1) is 12.8 Å². The third-order valence-electron chi connectivity index (χ3n) is 3.21. The molecule has 1 aromatic rings.